The van der Waals surface area contributed by atoms with Gasteiger partial charge in [0, 0.05) is 4.48 Å². The molecule has 18 heavy (non-hydrogen) atoms. The number of ether oxygens (including phenoxy) is 2. The molecular formula is C14H16Br2O2. The normalized spacial score (nSPS) is 16.2. The predicted molar refractivity (Wildman–Crippen MR) is 82.6 cm³/mol. The summed E-state index contributed by atoms with van der Waals surface area (Å²) in [5.41, 5.74) is 2.04. The maximum atomic E-state index is 5.30. The molecule has 0 heterocycles. The highest BCUT2D eigenvalue weighted by Crippen LogP contribution is 2.32. The average molecular weight is 376 g/mol. The fourth-order valence-corrected chi connectivity index (χ4v) is 2.35. The van der Waals surface area contributed by atoms with Gasteiger partial charge in [0.15, 0.2) is 0 Å². The summed E-state index contributed by atoms with van der Waals surface area (Å²) in [6.45, 7) is 7.85. The summed E-state index contributed by atoms with van der Waals surface area (Å²) in [5, 5.41) is 0. The smallest absolute Gasteiger partial charge is 0.133 e. The Kier molecular flexibility index (Phi) is 5.96. The summed E-state index contributed by atoms with van der Waals surface area (Å²) in [7, 11) is 3.27. The maximum Gasteiger partial charge on any atom is 0.133 e. The van der Waals surface area contributed by atoms with E-state index < -0.39 is 0 Å². The molecule has 0 saturated heterocycles. The topological polar surface area (TPSA) is 18.5 Å². The second-order valence-corrected chi connectivity index (χ2v) is 5.70. The molecule has 1 aliphatic carbocycles. The van der Waals surface area contributed by atoms with E-state index in [0.717, 1.165) is 34.2 Å². The van der Waals surface area contributed by atoms with Gasteiger partial charge in [0.25, 0.3) is 0 Å². The molecule has 0 aliphatic heterocycles. The first-order valence-corrected chi connectivity index (χ1v) is 7.01. The van der Waals surface area contributed by atoms with Crippen molar-refractivity contribution in [3.05, 3.63) is 56.9 Å². The summed E-state index contributed by atoms with van der Waals surface area (Å²) >= 11 is 6.80. The van der Waals surface area contributed by atoms with Crippen molar-refractivity contribution in [2.24, 2.45) is 0 Å². The third-order valence-corrected chi connectivity index (χ3v) is 3.79. The first kappa shape index (κ1) is 15.3. The first-order valence-electron chi connectivity index (χ1n) is 5.42. The van der Waals surface area contributed by atoms with Crippen molar-refractivity contribution in [1.29, 1.82) is 0 Å². The van der Waals surface area contributed by atoms with Gasteiger partial charge >= 0.3 is 0 Å². The molecule has 0 aromatic rings. The van der Waals surface area contributed by atoms with E-state index in [9.17, 15) is 0 Å². The molecule has 0 aromatic heterocycles. The van der Waals surface area contributed by atoms with Gasteiger partial charge in [0.1, 0.15) is 11.5 Å². The average Bonchev–Trinajstić information content (AvgIpc) is 2.35. The van der Waals surface area contributed by atoms with E-state index in [1.165, 1.54) is 0 Å². The van der Waals surface area contributed by atoms with E-state index in [-0.39, 0.29) is 0 Å². The van der Waals surface area contributed by atoms with Gasteiger partial charge in [-0.05, 0) is 52.1 Å². The monoisotopic (exact) mass is 374 g/mol. The molecule has 0 atom stereocenters. The van der Waals surface area contributed by atoms with Crippen molar-refractivity contribution in [3.8, 4) is 0 Å². The molecule has 0 unspecified atom stereocenters. The van der Waals surface area contributed by atoms with Gasteiger partial charge in [-0.1, -0.05) is 29.1 Å². The van der Waals surface area contributed by atoms with Crippen LogP contribution >= 0.6 is 31.9 Å². The highest BCUT2D eigenvalue weighted by molar-refractivity contribution is 9.12. The Bertz CT molecular complexity index is 456. The molecule has 98 valence electrons. The quantitative estimate of drug-likeness (QED) is 0.499. The van der Waals surface area contributed by atoms with E-state index in [1.54, 1.807) is 14.2 Å². The number of allylic oxidation sites excluding steroid dienone is 6. The molecule has 0 N–H and O–H groups in total. The number of hydrogen-bond acceptors (Lipinski definition) is 2. The van der Waals surface area contributed by atoms with Gasteiger partial charge in [-0.15, -0.1) is 0 Å². The van der Waals surface area contributed by atoms with Crippen molar-refractivity contribution in [2.45, 2.75) is 12.8 Å². The molecule has 0 amide bonds. The molecule has 0 bridgehead atoms. The zero-order valence-corrected chi connectivity index (χ0v) is 13.7. The Morgan fingerprint density at radius 3 is 2.50 bits per heavy atom. The second kappa shape index (κ2) is 7.00. The lowest BCUT2D eigenvalue weighted by Gasteiger charge is -2.17. The van der Waals surface area contributed by atoms with Crippen LogP contribution in [0, 0.1) is 0 Å². The van der Waals surface area contributed by atoms with E-state index in [2.05, 4.69) is 45.0 Å². The van der Waals surface area contributed by atoms with Crippen LogP contribution in [-0.4, -0.2) is 14.2 Å². The zero-order valence-electron chi connectivity index (χ0n) is 10.6. The van der Waals surface area contributed by atoms with Crippen LogP contribution in [0.2, 0.25) is 0 Å². The Hall–Kier alpha value is -0.740. The van der Waals surface area contributed by atoms with Crippen LogP contribution in [0.3, 0.4) is 0 Å². The molecule has 2 nitrogen and oxygen atoms in total. The van der Waals surface area contributed by atoms with Crippen LogP contribution in [0.1, 0.15) is 12.8 Å². The lowest BCUT2D eigenvalue weighted by Crippen LogP contribution is -1.99. The van der Waals surface area contributed by atoms with Crippen molar-refractivity contribution in [1.82, 2.24) is 0 Å². The largest absolute Gasteiger partial charge is 0.496 e. The fraction of sp³-hybridized carbons (Fsp3) is 0.286. The van der Waals surface area contributed by atoms with Crippen LogP contribution in [-0.2, 0) is 9.47 Å². The van der Waals surface area contributed by atoms with Crippen LogP contribution in [0.15, 0.2) is 56.9 Å². The second-order valence-electron chi connectivity index (χ2n) is 3.79. The number of hydrogen-bond donors (Lipinski definition) is 0. The summed E-state index contributed by atoms with van der Waals surface area (Å²) in [4.78, 5) is 0. The van der Waals surface area contributed by atoms with Gasteiger partial charge in [0.2, 0.25) is 0 Å². The minimum atomic E-state index is 0.675. The minimum Gasteiger partial charge on any atom is -0.496 e. The molecule has 0 saturated carbocycles. The Labute approximate surface area is 125 Å². The van der Waals surface area contributed by atoms with Crippen LogP contribution in [0.4, 0.5) is 0 Å². The minimum absolute atomic E-state index is 0.675. The summed E-state index contributed by atoms with van der Waals surface area (Å²) < 4.78 is 12.3. The standard InChI is InChI=1S/C14H16Br2O2/c1-9(7-13(17-3)10(2)15)11-5-6-12(16)14(8-11)18-4/h7-8H,1-2,5-6H2,3-4H3/b13-7+. The van der Waals surface area contributed by atoms with Crippen molar-refractivity contribution in [3.63, 3.8) is 0 Å². The number of halogens is 2. The van der Waals surface area contributed by atoms with Gasteiger partial charge in [0.05, 0.1) is 18.7 Å². The lowest BCUT2D eigenvalue weighted by molar-refractivity contribution is 0.301. The molecule has 1 rings (SSSR count). The lowest BCUT2D eigenvalue weighted by atomic mass is 9.97. The van der Waals surface area contributed by atoms with Crippen LogP contribution in [0.25, 0.3) is 0 Å². The third-order valence-electron chi connectivity index (χ3n) is 2.61. The third kappa shape index (κ3) is 3.89. The van der Waals surface area contributed by atoms with Crippen molar-refractivity contribution in [2.75, 3.05) is 14.2 Å². The van der Waals surface area contributed by atoms with E-state index >= 15 is 0 Å². The Morgan fingerprint density at radius 2 is 2.00 bits per heavy atom. The van der Waals surface area contributed by atoms with Crippen LogP contribution in [0.5, 0.6) is 0 Å². The summed E-state index contributed by atoms with van der Waals surface area (Å²) in [6, 6.07) is 0. The molecule has 0 fully saturated rings. The fourth-order valence-electron chi connectivity index (χ4n) is 1.60. The highest BCUT2D eigenvalue weighted by Gasteiger charge is 2.14. The zero-order chi connectivity index (χ0) is 13.7. The number of methoxy groups -OCH3 is 2. The van der Waals surface area contributed by atoms with E-state index in [4.69, 9.17) is 9.47 Å². The van der Waals surface area contributed by atoms with Crippen molar-refractivity contribution < 1.29 is 9.47 Å². The Balaban J connectivity index is 2.96. The maximum absolute atomic E-state index is 5.30. The molecule has 4 heteroatoms. The van der Waals surface area contributed by atoms with Gasteiger partial charge < -0.3 is 9.47 Å². The molecule has 0 spiro atoms. The van der Waals surface area contributed by atoms with E-state index in [0.29, 0.717) is 10.2 Å². The first-order chi connectivity index (χ1) is 8.49. The van der Waals surface area contributed by atoms with Crippen molar-refractivity contribution >= 4 is 31.9 Å². The summed E-state index contributed by atoms with van der Waals surface area (Å²) in [6.07, 6.45) is 5.71. The highest BCUT2D eigenvalue weighted by atomic mass is 79.9. The predicted octanol–water partition coefficient (Wildman–Crippen LogP) is 4.95. The van der Waals surface area contributed by atoms with E-state index in [1.807, 2.05) is 12.2 Å². The molecule has 1 aliphatic rings. The summed E-state index contributed by atoms with van der Waals surface area (Å²) in [5.74, 6) is 1.52. The van der Waals surface area contributed by atoms with Gasteiger partial charge in [-0.3, -0.25) is 0 Å². The van der Waals surface area contributed by atoms with Gasteiger partial charge in [-0.2, -0.15) is 0 Å². The molecule has 0 radical (unpaired) electrons. The Morgan fingerprint density at radius 1 is 1.33 bits per heavy atom. The molecule has 0 aromatic carbocycles. The van der Waals surface area contributed by atoms with Crippen LogP contribution < -0.4 is 0 Å². The molecular weight excluding hydrogens is 360 g/mol. The van der Waals surface area contributed by atoms with Gasteiger partial charge in [-0.25, -0.2) is 0 Å². The number of rotatable bonds is 5. The SMILES string of the molecule is C=C(/C=C(/OC)C(=C)Br)C1=CC(OC)=C(Br)CC1.